The molecule has 1 aliphatic rings. The molecule has 0 spiro atoms. The Hall–Kier alpha value is -1.00. The van der Waals surface area contributed by atoms with E-state index >= 15 is 0 Å². The molecule has 0 bridgehead atoms. The number of benzene rings is 2. The van der Waals surface area contributed by atoms with Crippen molar-refractivity contribution in [2.24, 2.45) is 0 Å². The molecule has 1 unspecified atom stereocenters. The van der Waals surface area contributed by atoms with Crippen LogP contribution in [0.4, 0.5) is 0 Å². The fourth-order valence-corrected chi connectivity index (χ4v) is 4.22. The summed E-state index contributed by atoms with van der Waals surface area (Å²) in [7, 11) is 3.95. The molecule has 1 atom stereocenters. The van der Waals surface area contributed by atoms with E-state index in [2.05, 4.69) is 6.07 Å². The fourth-order valence-electron chi connectivity index (χ4n) is 2.92. The lowest BCUT2D eigenvalue weighted by molar-refractivity contribution is 0.0487. The summed E-state index contributed by atoms with van der Waals surface area (Å²) in [5, 5.41) is 12.2. The van der Waals surface area contributed by atoms with Gasteiger partial charge in [-0.05, 0) is 43.4 Å². The predicted octanol–water partition coefficient (Wildman–Crippen LogP) is 3.74. The molecule has 21 heavy (non-hydrogen) atoms. The van der Waals surface area contributed by atoms with Gasteiger partial charge in [0.25, 0.3) is 0 Å². The third-order valence-electron chi connectivity index (χ3n) is 3.78. The molecule has 0 aliphatic carbocycles. The average molecular weight is 320 g/mol. The minimum Gasteiger partial charge on any atom is -0.379 e. The fraction of sp³-hybridized carbons (Fsp3) is 0.294. The predicted molar refractivity (Wildman–Crippen MR) is 89.0 cm³/mol. The van der Waals surface area contributed by atoms with Crippen LogP contribution in [-0.2, 0) is 11.4 Å². The van der Waals surface area contributed by atoms with Gasteiger partial charge in [-0.3, -0.25) is 0 Å². The van der Waals surface area contributed by atoms with Crippen LogP contribution in [-0.4, -0.2) is 30.6 Å². The van der Waals surface area contributed by atoms with Gasteiger partial charge in [-0.25, -0.2) is 0 Å². The molecule has 2 aromatic carbocycles. The zero-order valence-electron chi connectivity index (χ0n) is 12.1. The van der Waals surface area contributed by atoms with E-state index in [1.807, 2.05) is 55.4 Å². The first-order chi connectivity index (χ1) is 10.0. The first-order valence-electron chi connectivity index (χ1n) is 6.89. The van der Waals surface area contributed by atoms with E-state index in [0.29, 0.717) is 11.6 Å². The van der Waals surface area contributed by atoms with Crippen molar-refractivity contribution in [3.05, 3.63) is 64.2 Å². The van der Waals surface area contributed by atoms with Crippen molar-refractivity contribution in [1.82, 2.24) is 4.90 Å². The van der Waals surface area contributed by atoms with Crippen molar-refractivity contribution in [2.45, 2.75) is 16.2 Å². The van der Waals surface area contributed by atoms with Gasteiger partial charge < -0.3 is 10.0 Å². The topological polar surface area (TPSA) is 23.5 Å². The Morgan fingerprint density at radius 3 is 2.71 bits per heavy atom. The van der Waals surface area contributed by atoms with Crippen LogP contribution < -0.4 is 0 Å². The quantitative estimate of drug-likeness (QED) is 0.912. The molecule has 0 amide bonds. The van der Waals surface area contributed by atoms with E-state index in [1.165, 1.54) is 0 Å². The minimum atomic E-state index is -1.04. The van der Waals surface area contributed by atoms with Crippen molar-refractivity contribution in [2.75, 3.05) is 20.6 Å². The van der Waals surface area contributed by atoms with Gasteiger partial charge in [0.05, 0.1) is 0 Å². The highest BCUT2D eigenvalue weighted by atomic mass is 35.5. The smallest absolute Gasteiger partial charge is 0.129 e. The highest BCUT2D eigenvalue weighted by molar-refractivity contribution is 7.98. The summed E-state index contributed by atoms with van der Waals surface area (Å²) >= 11 is 7.96. The van der Waals surface area contributed by atoms with Crippen LogP contribution in [0.1, 0.15) is 16.7 Å². The van der Waals surface area contributed by atoms with E-state index in [-0.39, 0.29) is 0 Å². The lowest BCUT2D eigenvalue weighted by Gasteiger charge is -2.33. The normalized spacial score (nSPS) is 20.8. The SMILES string of the molecule is CN(C)CC1(O)c2cc(Cl)ccc2CSc2ccccc21. The van der Waals surface area contributed by atoms with Crippen LogP contribution >= 0.6 is 23.4 Å². The Morgan fingerprint density at radius 1 is 1.19 bits per heavy atom. The van der Waals surface area contributed by atoms with Crippen molar-refractivity contribution >= 4 is 23.4 Å². The Kier molecular flexibility index (Phi) is 4.02. The lowest BCUT2D eigenvalue weighted by Crippen LogP contribution is -2.39. The summed E-state index contributed by atoms with van der Waals surface area (Å²) in [6.45, 7) is 0.526. The lowest BCUT2D eigenvalue weighted by atomic mass is 9.83. The summed E-state index contributed by atoms with van der Waals surface area (Å²) in [5.74, 6) is 0.846. The summed E-state index contributed by atoms with van der Waals surface area (Å²) in [6.07, 6.45) is 0. The number of nitrogens with zero attached hydrogens (tertiary/aromatic N) is 1. The van der Waals surface area contributed by atoms with Crippen LogP contribution in [0.2, 0.25) is 5.02 Å². The second-order valence-corrected chi connectivity index (χ2v) is 7.14. The van der Waals surface area contributed by atoms with Crippen LogP contribution in [0, 0.1) is 0 Å². The molecule has 0 saturated carbocycles. The highest BCUT2D eigenvalue weighted by Gasteiger charge is 2.38. The Bertz CT molecular complexity index is 674. The molecule has 4 heteroatoms. The molecule has 110 valence electrons. The molecule has 0 saturated heterocycles. The monoisotopic (exact) mass is 319 g/mol. The number of halogens is 1. The molecule has 0 radical (unpaired) electrons. The minimum absolute atomic E-state index is 0.526. The second-order valence-electron chi connectivity index (χ2n) is 5.68. The number of thioether (sulfide) groups is 1. The molecule has 1 aliphatic heterocycles. The van der Waals surface area contributed by atoms with E-state index in [4.69, 9.17) is 11.6 Å². The van der Waals surface area contributed by atoms with Crippen LogP contribution in [0.15, 0.2) is 47.4 Å². The van der Waals surface area contributed by atoms with Gasteiger partial charge in [0.2, 0.25) is 0 Å². The number of hydrogen-bond acceptors (Lipinski definition) is 3. The van der Waals surface area contributed by atoms with E-state index < -0.39 is 5.60 Å². The highest BCUT2D eigenvalue weighted by Crippen LogP contribution is 2.44. The van der Waals surface area contributed by atoms with E-state index in [9.17, 15) is 5.11 Å². The first kappa shape index (κ1) is 14.9. The maximum Gasteiger partial charge on any atom is 0.129 e. The average Bonchev–Trinajstić information content (AvgIpc) is 2.55. The van der Waals surface area contributed by atoms with Gasteiger partial charge in [-0.15, -0.1) is 11.8 Å². The Labute approximate surface area is 134 Å². The number of rotatable bonds is 2. The van der Waals surface area contributed by atoms with Crippen LogP contribution in [0.5, 0.6) is 0 Å². The zero-order chi connectivity index (χ0) is 15.0. The van der Waals surface area contributed by atoms with E-state index in [1.54, 1.807) is 11.8 Å². The Balaban J connectivity index is 2.26. The van der Waals surface area contributed by atoms with Crippen LogP contribution in [0.25, 0.3) is 0 Å². The molecule has 1 heterocycles. The Morgan fingerprint density at radius 2 is 1.95 bits per heavy atom. The number of likely N-dealkylation sites (N-methyl/N-ethyl adjacent to an activating group) is 1. The third-order valence-corrected chi connectivity index (χ3v) is 5.14. The molecule has 0 aromatic heterocycles. The van der Waals surface area contributed by atoms with Gasteiger partial charge in [0.1, 0.15) is 5.60 Å². The summed E-state index contributed by atoms with van der Waals surface area (Å²) < 4.78 is 0. The van der Waals surface area contributed by atoms with Crippen molar-refractivity contribution in [3.8, 4) is 0 Å². The third kappa shape index (κ3) is 2.71. The summed E-state index contributed by atoms with van der Waals surface area (Å²) in [6, 6.07) is 13.9. The summed E-state index contributed by atoms with van der Waals surface area (Å²) in [5.41, 5.74) is 1.99. The standard InChI is InChI=1S/C17H18ClNOS/c1-19(2)11-17(20)14-5-3-4-6-16(14)21-10-12-7-8-13(18)9-15(12)17/h3-9,20H,10-11H2,1-2H3. The number of fused-ring (bicyclic) bond motifs is 2. The largest absolute Gasteiger partial charge is 0.379 e. The van der Waals surface area contributed by atoms with Crippen molar-refractivity contribution < 1.29 is 5.11 Å². The molecule has 0 fully saturated rings. The maximum atomic E-state index is 11.5. The first-order valence-corrected chi connectivity index (χ1v) is 8.25. The van der Waals surface area contributed by atoms with Gasteiger partial charge in [-0.1, -0.05) is 35.9 Å². The molecule has 1 N–H and O–H groups in total. The maximum absolute atomic E-state index is 11.5. The number of hydrogen-bond donors (Lipinski definition) is 1. The van der Waals surface area contributed by atoms with E-state index in [0.717, 1.165) is 27.3 Å². The van der Waals surface area contributed by atoms with Crippen molar-refractivity contribution in [1.29, 1.82) is 0 Å². The summed E-state index contributed by atoms with van der Waals surface area (Å²) in [4.78, 5) is 3.14. The molecular weight excluding hydrogens is 302 g/mol. The molecule has 3 rings (SSSR count). The van der Waals surface area contributed by atoms with Gasteiger partial charge in [-0.2, -0.15) is 0 Å². The zero-order valence-corrected chi connectivity index (χ0v) is 13.7. The molecule has 2 aromatic rings. The van der Waals surface area contributed by atoms with Gasteiger partial charge in [0, 0.05) is 27.8 Å². The van der Waals surface area contributed by atoms with Crippen LogP contribution in [0.3, 0.4) is 0 Å². The molecular formula is C17H18ClNOS. The van der Waals surface area contributed by atoms with Gasteiger partial charge >= 0.3 is 0 Å². The second kappa shape index (κ2) is 5.65. The van der Waals surface area contributed by atoms with Gasteiger partial charge in [0.15, 0.2) is 0 Å². The van der Waals surface area contributed by atoms with Crippen molar-refractivity contribution in [3.63, 3.8) is 0 Å². The number of aliphatic hydroxyl groups is 1. The molecule has 2 nitrogen and oxygen atoms in total.